The third kappa shape index (κ3) is 1.71. The van der Waals surface area contributed by atoms with Crippen LogP contribution in [0.3, 0.4) is 0 Å². The molecule has 0 aromatic heterocycles. The van der Waals surface area contributed by atoms with Crippen molar-refractivity contribution >= 4 is 11.8 Å². The number of ether oxygens (including phenoxy) is 1. The topological polar surface area (TPSA) is 29.5 Å². The highest BCUT2D eigenvalue weighted by Crippen LogP contribution is 2.45. The molecule has 1 unspecified atom stereocenters. The van der Waals surface area contributed by atoms with Crippen molar-refractivity contribution in [2.24, 2.45) is 0 Å². The summed E-state index contributed by atoms with van der Waals surface area (Å²) in [6, 6.07) is 0. The lowest BCUT2D eigenvalue weighted by molar-refractivity contribution is 0.0162. The maximum absolute atomic E-state index is 9.67. The van der Waals surface area contributed by atoms with Crippen molar-refractivity contribution in [3.63, 3.8) is 0 Å². The fourth-order valence-corrected chi connectivity index (χ4v) is 2.55. The van der Waals surface area contributed by atoms with Gasteiger partial charge in [-0.05, 0) is 19.1 Å². The van der Waals surface area contributed by atoms with Gasteiger partial charge >= 0.3 is 0 Å². The highest BCUT2D eigenvalue weighted by Gasteiger charge is 2.42. The molecule has 1 atom stereocenters. The van der Waals surface area contributed by atoms with Crippen LogP contribution in [-0.2, 0) is 4.74 Å². The summed E-state index contributed by atoms with van der Waals surface area (Å²) in [5.41, 5.74) is 0. The Hall–Kier alpha value is 0.270. The molecule has 11 heavy (non-hydrogen) atoms. The minimum Gasteiger partial charge on any atom is -0.389 e. The molecular formula is C8H16O2S. The van der Waals surface area contributed by atoms with E-state index in [9.17, 15) is 5.11 Å². The Morgan fingerprint density at radius 3 is 2.55 bits per heavy atom. The first-order valence-corrected chi connectivity index (χ1v) is 5.20. The number of rotatable bonds is 4. The van der Waals surface area contributed by atoms with Crippen molar-refractivity contribution in [3.05, 3.63) is 0 Å². The molecule has 0 amide bonds. The van der Waals surface area contributed by atoms with Gasteiger partial charge in [0.1, 0.15) is 0 Å². The molecule has 66 valence electrons. The quantitative estimate of drug-likeness (QED) is 0.699. The predicted molar refractivity (Wildman–Crippen MR) is 48.0 cm³/mol. The van der Waals surface area contributed by atoms with Gasteiger partial charge < -0.3 is 9.84 Å². The molecule has 1 saturated carbocycles. The van der Waals surface area contributed by atoms with Crippen LogP contribution in [0.25, 0.3) is 0 Å². The lowest BCUT2D eigenvalue weighted by atomic mass is 9.80. The number of methoxy groups -OCH3 is 1. The minimum absolute atomic E-state index is 0.121. The summed E-state index contributed by atoms with van der Waals surface area (Å²) in [6.07, 6.45) is 5.31. The zero-order valence-electron chi connectivity index (χ0n) is 7.17. The molecule has 0 aromatic carbocycles. The van der Waals surface area contributed by atoms with E-state index in [2.05, 4.69) is 6.26 Å². The van der Waals surface area contributed by atoms with Crippen LogP contribution in [0, 0.1) is 0 Å². The van der Waals surface area contributed by atoms with E-state index in [-0.39, 0.29) is 10.9 Å². The Morgan fingerprint density at radius 1 is 1.64 bits per heavy atom. The van der Waals surface area contributed by atoms with Crippen molar-refractivity contribution < 1.29 is 9.84 Å². The summed E-state index contributed by atoms with van der Waals surface area (Å²) in [5.74, 6) is 0. The second kappa shape index (κ2) is 3.78. The van der Waals surface area contributed by atoms with E-state index >= 15 is 0 Å². The fraction of sp³-hybridized carbons (Fsp3) is 1.00. The molecule has 1 rings (SSSR count). The molecule has 0 spiro atoms. The zero-order valence-corrected chi connectivity index (χ0v) is 7.99. The number of aliphatic hydroxyl groups is 1. The standard InChI is InChI=1S/C8H16O2S/c1-10-6-7(9)8(11-2)4-3-5-8/h7,9H,3-6H2,1-2H3. The Morgan fingerprint density at radius 2 is 2.27 bits per heavy atom. The molecule has 0 radical (unpaired) electrons. The Bertz CT molecular complexity index is 118. The maximum atomic E-state index is 9.67. The number of thioether (sulfide) groups is 1. The normalized spacial score (nSPS) is 24.3. The molecule has 0 aromatic rings. The van der Waals surface area contributed by atoms with Crippen molar-refractivity contribution in [2.45, 2.75) is 30.1 Å². The lowest BCUT2D eigenvalue weighted by Crippen LogP contribution is -2.47. The molecule has 1 fully saturated rings. The van der Waals surface area contributed by atoms with Crippen LogP contribution in [0.4, 0.5) is 0 Å². The van der Waals surface area contributed by atoms with Crippen LogP contribution in [-0.4, -0.2) is 35.9 Å². The summed E-state index contributed by atoms with van der Waals surface area (Å²) >= 11 is 1.78. The highest BCUT2D eigenvalue weighted by molar-refractivity contribution is 8.00. The van der Waals surface area contributed by atoms with Gasteiger partial charge in [0.2, 0.25) is 0 Å². The molecule has 2 nitrogen and oxygen atoms in total. The van der Waals surface area contributed by atoms with E-state index in [1.54, 1.807) is 18.9 Å². The predicted octanol–water partition coefficient (Wildman–Crippen LogP) is 1.28. The van der Waals surface area contributed by atoms with Crippen LogP contribution >= 0.6 is 11.8 Å². The third-order valence-corrected chi connectivity index (χ3v) is 4.03. The van der Waals surface area contributed by atoms with E-state index in [0.717, 1.165) is 12.8 Å². The second-order valence-corrected chi connectivity index (χ2v) is 4.31. The summed E-state index contributed by atoms with van der Waals surface area (Å²) in [4.78, 5) is 0. The third-order valence-electron chi connectivity index (χ3n) is 2.54. The van der Waals surface area contributed by atoms with Crippen LogP contribution < -0.4 is 0 Å². The van der Waals surface area contributed by atoms with Gasteiger partial charge in [-0.3, -0.25) is 0 Å². The second-order valence-electron chi connectivity index (χ2n) is 3.09. The Kier molecular flexibility index (Phi) is 3.22. The minimum atomic E-state index is -0.281. The van der Waals surface area contributed by atoms with Crippen molar-refractivity contribution in [3.8, 4) is 0 Å². The average Bonchev–Trinajstić information content (AvgIpc) is 1.87. The van der Waals surface area contributed by atoms with Gasteiger partial charge in [0.15, 0.2) is 0 Å². The zero-order chi connectivity index (χ0) is 8.32. The van der Waals surface area contributed by atoms with Gasteiger partial charge in [0.05, 0.1) is 12.7 Å². The van der Waals surface area contributed by atoms with E-state index in [0.29, 0.717) is 6.61 Å². The fourth-order valence-electron chi connectivity index (χ4n) is 1.51. The summed E-state index contributed by atoms with van der Waals surface area (Å²) in [6.45, 7) is 0.473. The van der Waals surface area contributed by atoms with Gasteiger partial charge in [-0.25, -0.2) is 0 Å². The SMILES string of the molecule is COCC(O)C1(SC)CCC1. The molecule has 0 bridgehead atoms. The van der Waals surface area contributed by atoms with Gasteiger partial charge in [0.25, 0.3) is 0 Å². The van der Waals surface area contributed by atoms with E-state index in [1.807, 2.05) is 0 Å². The molecule has 0 heterocycles. The smallest absolute Gasteiger partial charge is 0.0919 e. The summed E-state index contributed by atoms with van der Waals surface area (Å²) < 4.78 is 5.05. The average molecular weight is 176 g/mol. The van der Waals surface area contributed by atoms with Crippen molar-refractivity contribution in [1.82, 2.24) is 0 Å². The number of hydrogen-bond acceptors (Lipinski definition) is 3. The van der Waals surface area contributed by atoms with Crippen molar-refractivity contribution in [1.29, 1.82) is 0 Å². The molecule has 1 aliphatic carbocycles. The molecule has 1 aliphatic rings. The molecule has 1 N–H and O–H groups in total. The first kappa shape index (κ1) is 9.36. The Balaban J connectivity index is 2.40. The van der Waals surface area contributed by atoms with Crippen LogP contribution in [0.2, 0.25) is 0 Å². The van der Waals surface area contributed by atoms with Crippen LogP contribution in [0.15, 0.2) is 0 Å². The van der Waals surface area contributed by atoms with Gasteiger partial charge in [-0.1, -0.05) is 6.42 Å². The summed E-state index contributed by atoms with van der Waals surface area (Å²) in [7, 11) is 1.63. The first-order chi connectivity index (χ1) is 5.25. The van der Waals surface area contributed by atoms with Crippen LogP contribution in [0.5, 0.6) is 0 Å². The number of aliphatic hydroxyl groups excluding tert-OH is 1. The lowest BCUT2D eigenvalue weighted by Gasteiger charge is -2.43. The van der Waals surface area contributed by atoms with Crippen molar-refractivity contribution in [2.75, 3.05) is 20.0 Å². The van der Waals surface area contributed by atoms with Crippen LogP contribution in [0.1, 0.15) is 19.3 Å². The van der Waals surface area contributed by atoms with E-state index in [1.165, 1.54) is 6.42 Å². The number of hydrogen-bond donors (Lipinski definition) is 1. The van der Waals surface area contributed by atoms with Gasteiger partial charge in [0, 0.05) is 11.9 Å². The highest BCUT2D eigenvalue weighted by atomic mass is 32.2. The largest absolute Gasteiger partial charge is 0.389 e. The monoisotopic (exact) mass is 176 g/mol. The van der Waals surface area contributed by atoms with Gasteiger partial charge in [-0.2, -0.15) is 11.8 Å². The van der Waals surface area contributed by atoms with E-state index in [4.69, 9.17) is 4.74 Å². The first-order valence-electron chi connectivity index (χ1n) is 3.97. The molecule has 3 heteroatoms. The maximum Gasteiger partial charge on any atom is 0.0919 e. The Labute approximate surface area is 72.3 Å². The summed E-state index contributed by atoms with van der Waals surface area (Å²) in [5, 5.41) is 9.67. The van der Waals surface area contributed by atoms with E-state index < -0.39 is 0 Å². The molecular weight excluding hydrogens is 160 g/mol. The molecule has 0 saturated heterocycles. The molecule has 0 aliphatic heterocycles. The van der Waals surface area contributed by atoms with Gasteiger partial charge in [-0.15, -0.1) is 0 Å².